The summed E-state index contributed by atoms with van der Waals surface area (Å²) in [4.78, 5) is 38.3. The highest BCUT2D eigenvalue weighted by molar-refractivity contribution is 6.06. The standard InChI is InChI=1S/C17H23N5O3/c1-12(2)7-8-17(3)14(23)21(15(24)18-17)10-11-22-16(25)20-9-5-4-6-13(20)19-22/h4-6,9,12H,7-8,10-11H2,1-3H3,(H,18,24). The van der Waals surface area contributed by atoms with E-state index < -0.39 is 11.6 Å². The fourth-order valence-corrected chi connectivity index (χ4v) is 3.01. The van der Waals surface area contributed by atoms with Gasteiger partial charge in [0.25, 0.3) is 5.91 Å². The molecule has 1 fully saturated rings. The topological polar surface area (TPSA) is 88.7 Å². The molecule has 1 aliphatic rings. The first-order valence-corrected chi connectivity index (χ1v) is 8.50. The number of hydrogen-bond acceptors (Lipinski definition) is 4. The third-order valence-electron chi connectivity index (χ3n) is 4.59. The second kappa shape index (κ2) is 6.34. The van der Waals surface area contributed by atoms with Crippen LogP contribution in [-0.2, 0) is 11.3 Å². The van der Waals surface area contributed by atoms with Gasteiger partial charge in [-0.15, -0.1) is 5.10 Å². The average Bonchev–Trinajstić information content (AvgIpc) is 3.00. The summed E-state index contributed by atoms with van der Waals surface area (Å²) in [6.45, 7) is 6.20. The summed E-state index contributed by atoms with van der Waals surface area (Å²) in [5.41, 5.74) is -0.623. The zero-order chi connectivity index (χ0) is 18.2. The van der Waals surface area contributed by atoms with E-state index in [9.17, 15) is 14.4 Å². The molecule has 1 N–H and O–H groups in total. The molecule has 8 nitrogen and oxygen atoms in total. The number of nitrogens with zero attached hydrogens (tertiary/aromatic N) is 4. The van der Waals surface area contributed by atoms with Crippen molar-refractivity contribution in [1.29, 1.82) is 0 Å². The predicted octanol–water partition coefficient (Wildman–Crippen LogP) is 1.24. The summed E-state index contributed by atoms with van der Waals surface area (Å²) in [6.07, 6.45) is 3.08. The monoisotopic (exact) mass is 345 g/mol. The van der Waals surface area contributed by atoms with E-state index in [-0.39, 0.29) is 24.7 Å². The van der Waals surface area contributed by atoms with E-state index in [1.54, 1.807) is 31.3 Å². The SMILES string of the molecule is CC(C)CCC1(C)NC(=O)N(CCn2nc3ccccn3c2=O)C1=O. The third kappa shape index (κ3) is 3.16. The minimum Gasteiger partial charge on any atom is -0.323 e. The van der Waals surface area contributed by atoms with Crippen molar-refractivity contribution >= 4 is 17.6 Å². The van der Waals surface area contributed by atoms with E-state index in [1.165, 1.54) is 14.0 Å². The Morgan fingerprint density at radius 2 is 1.96 bits per heavy atom. The van der Waals surface area contributed by atoms with Crippen molar-refractivity contribution < 1.29 is 9.59 Å². The maximum absolute atomic E-state index is 12.7. The molecule has 0 bridgehead atoms. The van der Waals surface area contributed by atoms with Crippen LogP contribution in [0, 0.1) is 5.92 Å². The Hall–Kier alpha value is -2.64. The Balaban J connectivity index is 1.72. The zero-order valence-electron chi connectivity index (χ0n) is 14.7. The lowest BCUT2D eigenvalue weighted by Gasteiger charge is -2.22. The van der Waals surface area contributed by atoms with Crippen molar-refractivity contribution in [3.63, 3.8) is 0 Å². The number of aromatic nitrogens is 3. The number of amides is 3. The molecule has 0 aromatic carbocycles. The molecule has 8 heteroatoms. The Labute approximate surface area is 145 Å². The number of nitrogens with one attached hydrogen (secondary N) is 1. The van der Waals surface area contributed by atoms with Gasteiger partial charge >= 0.3 is 11.7 Å². The van der Waals surface area contributed by atoms with Gasteiger partial charge in [-0.2, -0.15) is 0 Å². The van der Waals surface area contributed by atoms with Gasteiger partial charge in [0.2, 0.25) is 0 Å². The molecule has 1 atom stereocenters. The largest absolute Gasteiger partial charge is 0.350 e. The Morgan fingerprint density at radius 1 is 1.20 bits per heavy atom. The number of urea groups is 1. The quantitative estimate of drug-likeness (QED) is 0.798. The van der Waals surface area contributed by atoms with Crippen molar-refractivity contribution in [2.24, 2.45) is 5.92 Å². The molecule has 1 aliphatic heterocycles. The van der Waals surface area contributed by atoms with Gasteiger partial charge < -0.3 is 5.32 Å². The number of fused-ring (bicyclic) bond motifs is 1. The van der Waals surface area contributed by atoms with Gasteiger partial charge in [-0.3, -0.25) is 14.1 Å². The maximum atomic E-state index is 12.7. The molecular weight excluding hydrogens is 322 g/mol. The zero-order valence-corrected chi connectivity index (χ0v) is 14.7. The lowest BCUT2D eigenvalue weighted by Crippen LogP contribution is -2.44. The first-order chi connectivity index (χ1) is 11.8. The fourth-order valence-electron chi connectivity index (χ4n) is 3.01. The van der Waals surface area contributed by atoms with Crippen molar-refractivity contribution in [2.75, 3.05) is 6.54 Å². The molecule has 1 saturated heterocycles. The predicted molar refractivity (Wildman–Crippen MR) is 92.2 cm³/mol. The molecule has 2 aromatic heterocycles. The van der Waals surface area contributed by atoms with Crippen LogP contribution in [0.5, 0.6) is 0 Å². The van der Waals surface area contributed by atoms with Crippen LogP contribution >= 0.6 is 0 Å². The third-order valence-corrected chi connectivity index (χ3v) is 4.59. The number of pyridine rings is 1. The summed E-state index contributed by atoms with van der Waals surface area (Å²) in [5.74, 6) is 0.210. The molecule has 0 aliphatic carbocycles. The molecule has 25 heavy (non-hydrogen) atoms. The second-order valence-corrected chi connectivity index (χ2v) is 7.09. The first-order valence-electron chi connectivity index (χ1n) is 8.50. The summed E-state index contributed by atoms with van der Waals surface area (Å²) in [5, 5.41) is 7.00. The van der Waals surface area contributed by atoms with Crippen molar-refractivity contribution in [3.05, 3.63) is 34.9 Å². The van der Waals surface area contributed by atoms with Crippen molar-refractivity contribution in [3.8, 4) is 0 Å². The van der Waals surface area contributed by atoms with Gasteiger partial charge in [-0.05, 0) is 37.8 Å². The van der Waals surface area contributed by atoms with E-state index >= 15 is 0 Å². The molecule has 3 rings (SSSR count). The highest BCUT2D eigenvalue weighted by Gasteiger charge is 2.47. The van der Waals surface area contributed by atoms with Crippen molar-refractivity contribution in [2.45, 2.75) is 45.7 Å². The summed E-state index contributed by atoms with van der Waals surface area (Å²) >= 11 is 0. The van der Waals surface area contributed by atoms with Crippen LogP contribution in [-0.4, -0.2) is 43.1 Å². The number of carbonyl (C=O) groups excluding carboxylic acids is 2. The van der Waals surface area contributed by atoms with E-state index in [2.05, 4.69) is 24.3 Å². The molecule has 2 aromatic rings. The molecular formula is C17H23N5O3. The van der Waals surface area contributed by atoms with Crippen LogP contribution in [0.1, 0.15) is 33.6 Å². The summed E-state index contributed by atoms with van der Waals surface area (Å²) < 4.78 is 2.71. The number of hydrogen-bond donors (Lipinski definition) is 1. The van der Waals surface area contributed by atoms with Gasteiger partial charge in [0.1, 0.15) is 5.54 Å². The fraction of sp³-hybridized carbons (Fsp3) is 0.529. The smallest absolute Gasteiger partial charge is 0.323 e. The van der Waals surface area contributed by atoms with Crippen LogP contribution in [0.25, 0.3) is 5.65 Å². The number of imide groups is 1. The van der Waals surface area contributed by atoms with Gasteiger partial charge in [0, 0.05) is 6.20 Å². The molecule has 0 radical (unpaired) electrons. The summed E-state index contributed by atoms with van der Waals surface area (Å²) in [6, 6.07) is 4.86. The van der Waals surface area contributed by atoms with Crippen LogP contribution < -0.4 is 11.0 Å². The second-order valence-electron chi connectivity index (χ2n) is 7.09. The lowest BCUT2D eigenvalue weighted by atomic mass is 9.92. The maximum Gasteiger partial charge on any atom is 0.350 e. The van der Waals surface area contributed by atoms with Gasteiger partial charge in [0.05, 0.1) is 13.1 Å². The van der Waals surface area contributed by atoms with Crippen LogP contribution in [0.15, 0.2) is 29.2 Å². The minimum absolute atomic E-state index is 0.117. The summed E-state index contributed by atoms with van der Waals surface area (Å²) in [7, 11) is 0. The molecule has 0 spiro atoms. The van der Waals surface area contributed by atoms with Crippen LogP contribution in [0.4, 0.5) is 4.79 Å². The van der Waals surface area contributed by atoms with Gasteiger partial charge in [0.15, 0.2) is 5.65 Å². The molecule has 134 valence electrons. The lowest BCUT2D eigenvalue weighted by molar-refractivity contribution is -0.131. The Morgan fingerprint density at radius 3 is 2.64 bits per heavy atom. The normalized spacial score (nSPS) is 20.7. The van der Waals surface area contributed by atoms with Gasteiger partial charge in [-0.1, -0.05) is 19.9 Å². The number of carbonyl (C=O) groups is 2. The first kappa shape index (κ1) is 17.2. The molecule has 3 amide bonds. The Bertz CT molecular complexity index is 869. The van der Waals surface area contributed by atoms with Crippen LogP contribution in [0.2, 0.25) is 0 Å². The molecule has 3 heterocycles. The number of rotatable bonds is 6. The van der Waals surface area contributed by atoms with E-state index in [0.717, 1.165) is 6.42 Å². The van der Waals surface area contributed by atoms with E-state index in [0.29, 0.717) is 18.0 Å². The van der Waals surface area contributed by atoms with Gasteiger partial charge in [-0.25, -0.2) is 14.3 Å². The van der Waals surface area contributed by atoms with Crippen molar-refractivity contribution in [1.82, 2.24) is 24.4 Å². The highest BCUT2D eigenvalue weighted by atomic mass is 16.2. The van der Waals surface area contributed by atoms with E-state index in [4.69, 9.17) is 0 Å². The van der Waals surface area contributed by atoms with E-state index in [1.807, 2.05) is 0 Å². The Kier molecular flexibility index (Phi) is 4.36. The molecule has 1 unspecified atom stereocenters. The minimum atomic E-state index is -0.870. The molecule has 0 saturated carbocycles. The highest BCUT2D eigenvalue weighted by Crippen LogP contribution is 2.24. The average molecular weight is 345 g/mol. The van der Waals surface area contributed by atoms with Crippen LogP contribution in [0.3, 0.4) is 0 Å².